The van der Waals surface area contributed by atoms with Crippen LogP contribution in [0.3, 0.4) is 0 Å². The van der Waals surface area contributed by atoms with Gasteiger partial charge in [0.2, 0.25) is 11.8 Å². The van der Waals surface area contributed by atoms with E-state index in [0.717, 1.165) is 15.4 Å². The number of carbonyl (C=O) groups is 2. The zero-order chi connectivity index (χ0) is 29.5. The third kappa shape index (κ3) is 7.85. The monoisotopic (exact) mass is 565 g/mol. The molecule has 0 saturated heterocycles. The van der Waals surface area contributed by atoms with Gasteiger partial charge in [-0.15, -0.1) is 0 Å². The Kier molecular flexibility index (Phi) is 9.98. The van der Waals surface area contributed by atoms with E-state index in [4.69, 9.17) is 4.74 Å². The van der Waals surface area contributed by atoms with Gasteiger partial charge in [-0.3, -0.25) is 13.9 Å². The van der Waals surface area contributed by atoms with E-state index in [2.05, 4.69) is 5.32 Å². The molecule has 2 amide bonds. The summed E-state index contributed by atoms with van der Waals surface area (Å²) in [7, 11) is -4.18. The fourth-order valence-corrected chi connectivity index (χ4v) is 5.55. The van der Waals surface area contributed by atoms with Crippen LogP contribution in [0.25, 0.3) is 0 Å². The van der Waals surface area contributed by atoms with Gasteiger partial charge in [0.05, 0.1) is 17.2 Å². The van der Waals surface area contributed by atoms with Gasteiger partial charge in [0.25, 0.3) is 10.0 Å². The van der Waals surface area contributed by atoms with Crippen molar-refractivity contribution in [3.8, 4) is 5.75 Å². The van der Waals surface area contributed by atoms with E-state index >= 15 is 0 Å². The summed E-state index contributed by atoms with van der Waals surface area (Å²) in [5.74, 6) is -0.525. The minimum atomic E-state index is -4.18. The Morgan fingerprint density at radius 3 is 2.12 bits per heavy atom. The molecule has 8 nitrogen and oxygen atoms in total. The first-order valence-corrected chi connectivity index (χ1v) is 14.7. The van der Waals surface area contributed by atoms with Crippen molar-refractivity contribution in [2.75, 3.05) is 17.5 Å². The van der Waals surface area contributed by atoms with Gasteiger partial charge in [-0.1, -0.05) is 60.2 Å². The van der Waals surface area contributed by atoms with E-state index in [9.17, 15) is 18.0 Å². The Morgan fingerprint density at radius 1 is 0.925 bits per heavy atom. The number of anilines is 1. The molecule has 214 valence electrons. The Balaban J connectivity index is 2.08. The lowest BCUT2D eigenvalue weighted by Gasteiger charge is -2.33. The molecule has 0 aromatic heterocycles. The van der Waals surface area contributed by atoms with Gasteiger partial charge in [-0.2, -0.15) is 0 Å². The van der Waals surface area contributed by atoms with Crippen molar-refractivity contribution >= 4 is 27.5 Å². The number of aryl methyl sites for hydroxylation is 1. The molecule has 40 heavy (non-hydrogen) atoms. The first kappa shape index (κ1) is 30.7. The number of amides is 2. The van der Waals surface area contributed by atoms with Gasteiger partial charge >= 0.3 is 0 Å². The van der Waals surface area contributed by atoms with Crippen molar-refractivity contribution in [2.24, 2.45) is 0 Å². The van der Waals surface area contributed by atoms with Crippen molar-refractivity contribution in [1.82, 2.24) is 10.2 Å². The van der Waals surface area contributed by atoms with Gasteiger partial charge in [0.15, 0.2) is 0 Å². The van der Waals surface area contributed by atoms with E-state index in [0.29, 0.717) is 12.4 Å². The molecule has 0 saturated carbocycles. The van der Waals surface area contributed by atoms with Crippen LogP contribution in [0.1, 0.15) is 45.7 Å². The SMILES string of the molecule is CCOc1ccccc1N(CC(=O)N(Cc1ccccc1)[C@@H](C)C(=O)NC(C)(C)C)S(=O)(=O)c1ccc(C)cc1. The molecular weight excluding hydrogens is 526 g/mol. The number of nitrogens with one attached hydrogen (secondary N) is 1. The van der Waals surface area contributed by atoms with Crippen LogP contribution in [-0.2, 0) is 26.2 Å². The fraction of sp³-hybridized carbons (Fsp3) is 0.355. The zero-order valence-corrected chi connectivity index (χ0v) is 24.9. The van der Waals surface area contributed by atoms with Gasteiger partial charge in [0, 0.05) is 12.1 Å². The Bertz CT molecular complexity index is 1400. The zero-order valence-electron chi connectivity index (χ0n) is 24.0. The maximum Gasteiger partial charge on any atom is 0.264 e. The van der Waals surface area contributed by atoms with Gasteiger partial charge in [0.1, 0.15) is 18.3 Å². The molecule has 3 aromatic rings. The second kappa shape index (κ2) is 13.0. The lowest BCUT2D eigenvalue weighted by atomic mass is 10.1. The Hall–Kier alpha value is -3.85. The van der Waals surface area contributed by atoms with Crippen LogP contribution >= 0.6 is 0 Å². The highest BCUT2D eigenvalue weighted by atomic mass is 32.2. The number of rotatable bonds is 11. The number of hydrogen-bond donors (Lipinski definition) is 1. The molecule has 1 atom stereocenters. The van der Waals surface area contributed by atoms with Crippen LogP contribution < -0.4 is 14.4 Å². The quantitative estimate of drug-likeness (QED) is 0.356. The Morgan fingerprint density at radius 2 is 1.52 bits per heavy atom. The van der Waals surface area contributed by atoms with Crippen LogP contribution in [0, 0.1) is 6.92 Å². The van der Waals surface area contributed by atoms with E-state index in [1.165, 1.54) is 17.0 Å². The van der Waals surface area contributed by atoms with Crippen LogP contribution in [0.15, 0.2) is 83.8 Å². The maximum absolute atomic E-state index is 14.0. The molecule has 0 aliphatic heterocycles. The molecule has 0 radical (unpaired) electrons. The standard InChI is InChI=1S/C31H39N3O5S/c1-7-39-28-16-12-11-15-27(28)34(40(37,38)26-19-17-23(2)18-20-26)22-29(35)33(21-25-13-9-8-10-14-25)24(3)30(36)32-31(4,5)6/h8-20,24H,7,21-22H2,1-6H3,(H,32,36)/t24-/m0/s1. The molecule has 0 heterocycles. The van der Waals surface area contributed by atoms with E-state index in [-0.39, 0.29) is 23.0 Å². The van der Waals surface area contributed by atoms with Crippen molar-refractivity contribution in [3.63, 3.8) is 0 Å². The lowest BCUT2D eigenvalue weighted by molar-refractivity contribution is -0.140. The summed E-state index contributed by atoms with van der Waals surface area (Å²) < 4.78 is 34.9. The van der Waals surface area contributed by atoms with Crippen molar-refractivity contribution in [1.29, 1.82) is 0 Å². The summed E-state index contributed by atoms with van der Waals surface area (Å²) in [6, 6.07) is 21.6. The summed E-state index contributed by atoms with van der Waals surface area (Å²) in [6.07, 6.45) is 0. The second-order valence-corrected chi connectivity index (χ2v) is 12.5. The minimum absolute atomic E-state index is 0.0466. The van der Waals surface area contributed by atoms with Crippen molar-refractivity contribution < 1.29 is 22.7 Å². The smallest absolute Gasteiger partial charge is 0.264 e. The topological polar surface area (TPSA) is 96.0 Å². The highest BCUT2D eigenvalue weighted by Gasteiger charge is 2.34. The minimum Gasteiger partial charge on any atom is -0.492 e. The summed E-state index contributed by atoms with van der Waals surface area (Å²) in [4.78, 5) is 28.7. The highest BCUT2D eigenvalue weighted by molar-refractivity contribution is 7.92. The first-order valence-electron chi connectivity index (χ1n) is 13.3. The molecule has 3 rings (SSSR count). The van der Waals surface area contributed by atoms with Gasteiger partial charge < -0.3 is 15.0 Å². The van der Waals surface area contributed by atoms with Gasteiger partial charge in [-0.25, -0.2) is 8.42 Å². The molecule has 3 aromatic carbocycles. The highest BCUT2D eigenvalue weighted by Crippen LogP contribution is 2.33. The van der Waals surface area contributed by atoms with Crippen LogP contribution in [0.2, 0.25) is 0 Å². The van der Waals surface area contributed by atoms with E-state index in [1.807, 2.05) is 58.0 Å². The van der Waals surface area contributed by atoms with Crippen molar-refractivity contribution in [3.05, 3.63) is 90.0 Å². The van der Waals surface area contributed by atoms with Crippen LogP contribution in [-0.4, -0.2) is 49.9 Å². The van der Waals surface area contributed by atoms with E-state index in [1.54, 1.807) is 50.2 Å². The van der Waals surface area contributed by atoms with Crippen LogP contribution in [0.5, 0.6) is 5.75 Å². The van der Waals surface area contributed by atoms with Gasteiger partial charge in [-0.05, 0) is 71.4 Å². The number of ether oxygens (including phenoxy) is 1. The molecule has 9 heteroatoms. The molecule has 1 N–H and O–H groups in total. The molecular formula is C31H39N3O5S. The average molecular weight is 566 g/mol. The summed E-state index contributed by atoms with van der Waals surface area (Å²) >= 11 is 0. The number of benzene rings is 3. The molecule has 0 spiro atoms. The molecule has 0 bridgehead atoms. The number of hydrogen-bond acceptors (Lipinski definition) is 5. The van der Waals surface area contributed by atoms with Crippen molar-refractivity contribution in [2.45, 2.75) is 64.6 Å². The third-order valence-corrected chi connectivity index (χ3v) is 7.96. The molecule has 0 fully saturated rings. The lowest BCUT2D eigenvalue weighted by Crippen LogP contribution is -2.54. The van der Waals surface area contributed by atoms with Crippen LogP contribution in [0.4, 0.5) is 5.69 Å². The molecule has 0 unspecified atom stereocenters. The summed E-state index contributed by atoms with van der Waals surface area (Å²) in [5, 5.41) is 2.93. The predicted molar refractivity (Wildman–Crippen MR) is 158 cm³/mol. The number of nitrogens with zero attached hydrogens (tertiary/aromatic N) is 2. The first-order chi connectivity index (χ1) is 18.8. The predicted octanol–water partition coefficient (Wildman–Crippen LogP) is 4.92. The molecule has 0 aliphatic carbocycles. The average Bonchev–Trinajstić information content (AvgIpc) is 2.90. The number of para-hydroxylation sites is 2. The largest absolute Gasteiger partial charge is 0.492 e. The molecule has 0 aliphatic rings. The maximum atomic E-state index is 14.0. The number of sulfonamides is 1. The summed E-state index contributed by atoms with van der Waals surface area (Å²) in [6.45, 7) is 10.8. The van der Waals surface area contributed by atoms with E-state index < -0.39 is 34.1 Å². The fourth-order valence-electron chi connectivity index (χ4n) is 4.13. The third-order valence-electron chi connectivity index (χ3n) is 6.18. The Labute approximate surface area is 238 Å². The second-order valence-electron chi connectivity index (χ2n) is 10.6. The summed E-state index contributed by atoms with van der Waals surface area (Å²) in [5.41, 5.74) is 1.45. The number of carbonyl (C=O) groups excluding carboxylic acids is 2. The normalized spacial score (nSPS) is 12.3.